The minimum Gasteiger partial charge on any atom is -0.406 e. The molecule has 0 aliphatic carbocycles. The van der Waals surface area contributed by atoms with Crippen molar-refractivity contribution in [1.82, 2.24) is 10.2 Å². The standard InChI is InChI=1S/C13H15ClFN3O/c1-7-4-5-10(6-11(7)15)9(3)16-13-18-17-12(19-13)8(2)14/h4-6,8-9H,1-3H3,(H,16,18). The number of hydrogen-bond acceptors (Lipinski definition) is 4. The molecule has 0 spiro atoms. The van der Waals surface area contributed by atoms with E-state index in [9.17, 15) is 4.39 Å². The SMILES string of the molecule is Cc1ccc(C(C)Nc2nnc(C(C)Cl)o2)cc1F. The van der Waals surface area contributed by atoms with Crippen molar-refractivity contribution in [1.29, 1.82) is 0 Å². The summed E-state index contributed by atoms with van der Waals surface area (Å²) in [5.41, 5.74) is 1.42. The van der Waals surface area contributed by atoms with Gasteiger partial charge in [-0.1, -0.05) is 17.2 Å². The average molecular weight is 284 g/mol. The molecule has 1 heterocycles. The van der Waals surface area contributed by atoms with Gasteiger partial charge in [0.25, 0.3) is 0 Å². The molecule has 0 aliphatic heterocycles. The van der Waals surface area contributed by atoms with Crippen LogP contribution < -0.4 is 5.32 Å². The Labute approximate surface area is 116 Å². The third kappa shape index (κ3) is 3.23. The van der Waals surface area contributed by atoms with Gasteiger partial charge in [-0.15, -0.1) is 16.7 Å². The topological polar surface area (TPSA) is 51.0 Å². The van der Waals surface area contributed by atoms with Crippen molar-refractivity contribution < 1.29 is 8.81 Å². The summed E-state index contributed by atoms with van der Waals surface area (Å²) >= 11 is 5.83. The van der Waals surface area contributed by atoms with Gasteiger partial charge in [0.05, 0.1) is 6.04 Å². The van der Waals surface area contributed by atoms with E-state index in [-0.39, 0.29) is 23.3 Å². The van der Waals surface area contributed by atoms with Crippen molar-refractivity contribution in [2.24, 2.45) is 0 Å². The third-order valence-electron chi connectivity index (χ3n) is 2.82. The average Bonchev–Trinajstić information content (AvgIpc) is 2.81. The first-order valence-electron chi connectivity index (χ1n) is 5.97. The number of nitrogens with zero attached hydrogens (tertiary/aromatic N) is 2. The molecule has 4 nitrogen and oxygen atoms in total. The lowest BCUT2D eigenvalue weighted by molar-refractivity contribution is 0.501. The normalized spacial score (nSPS) is 14.2. The van der Waals surface area contributed by atoms with Gasteiger partial charge in [0, 0.05) is 0 Å². The number of nitrogens with one attached hydrogen (secondary N) is 1. The molecular weight excluding hydrogens is 269 g/mol. The molecular formula is C13H15ClFN3O. The monoisotopic (exact) mass is 283 g/mol. The van der Waals surface area contributed by atoms with Crippen molar-refractivity contribution in [3.63, 3.8) is 0 Å². The van der Waals surface area contributed by atoms with E-state index in [1.165, 1.54) is 6.07 Å². The van der Waals surface area contributed by atoms with Crippen LogP contribution in [0.1, 0.15) is 42.3 Å². The lowest BCUT2D eigenvalue weighted by Gasteiger charge is -2.12. The Balaban J connectivity index is 2.11. The number of rotatable bonds is 4. The highest BCUT2D eigenvalue weighted by Gasteiger charge is 2.14. The molecule has 0 radical (unpaired) electrons. The molecule has 102 valence electrons. The van der Waals surface area contributed by atoms with E-state index in [4.69, 9.17) is 16.0 Å². The Morgan fingerprint density at radius 1 is 1.32 bits per heavy atom. The van der Waals surface area contributed by atoms with Crippen LogP contribution in [-0.4, -0.2) is 10.2 Å². The van der Waals surface area contributed by atoms with Crippen molar-refractivity contribution in [2.75, 3.05) is 5.32 Å². The minimum atomic E-state index is -0.338. The number of benzene rings is 1. The molecule has 2 rings (SSSR count). The molecule has 1 aromatic heterocycles. The third-order valence-corrected chi connectivity index (χ3v) is 3.00. The van der Waals surface area contributed by atoms with Crippen LogP contribution >= 0.6 is 11.6 Å². The molecule has 0 amide bonds. The number of anilines is 1. The number of hydrogen-bond donors (Lipinski definition) is 1. The highest BCUT2D eigenvalue weighted by atomic mass is 35.5. The molecule has 19 heavy (non-hydrogen) atoms. The Kier molecular flexibility index (Phi) is 4.04. The number of halogens is 2. The summed E-state index contributed by atoms with van der Waals surface area (Å²) < 4.78 is 18.8. The smallest absolute Gasteiger partial charge is 0.315 e. The second-order valence-corrected chi connectivity index (χ2v) is 5.09. The first kappa shape index (κ1) is 13.8. The zero-order valence-electron chi connectivity index (χ0n) is 10.9. The predicted octanol–water partition coefficient (Wildman–Crippen LogP) is 3.99. The molecule has 1 N–H and O–H groups in total. The number of alkyl halides is 1. The maximum Gasteiger partial charge on any atom is 0.315 e. The second-order valence-electron chi connectivity index (χ2n) is 4.44. The van der Waals surface area contributed by atoms with Gasteiger partial charge in [-0.25, -0.2) is 4.39 Å². The van der Waals surface area contributed by atoms with E-state index in [1.807, 2.05) is 13.0 Å². The fourth-order valence-corrected chi connectivity index (χ4v) is 1.69. The largest absolute Gasteiger partial charge is 0.406 e. The summed E-state index contributed by atoms with van der Waals surface area (Å²) in [7, 11) is 0. The molecule has 0 fully saturated rings. The Morgan fingerprint density at radius 3 is 2.63 bits per heavy atom. The van der Waals surface area contributed by atoms with Gasteiger partial charge >= 0.3 is 6.01 Å². The molecule has 2 atom stereocenters. The van der Waals surface area contributed by atoms with Gasteiger partial charge in [0.15, 0.2) is 0 Å². The van der Waals surface area contributed by atoms with Gasteiger partial charge < -0.3 is 9.73 Å². The van der Waals surface area contributed by atoms with Gasteiger partial charge in [-0.2, -0.15) is 0 Å². The zero-order valence-corrected chi connectivity index (χ0v) is 11.7. The maximum absolute atomic E-state index is 13.5. The summed E-state index contributed by atoms with van der Waals surface area (Å²) in [6.45, 7) is 5.36. The first-order valence-corrected chi connectivity index (χ1v) is 6.41. The van der Waals surface area contributed by atoms with Crippen LogP contribution in [0.25, 0.3) is 0 Å². The molecule has 0 aliphatic rings. The highest BCUT2D eigenvalue weighted by molar-refractivity contribution is 6.20. The molecule has 0 saturated heterocycles. The Bertz CT molecular complexity index is 571. The fourth-order valence-electron chi connectivity index (χ4n) is 1.60. The minimum absolute atomic E-state index is 0.144. The van der Waals surface area contributed by atoms with Crippen molar-refractivity contribution in [3.05, 3.63) is 41.0 Å². The summed E-state index contributed by atoms with van der Waals surface area (Å²) in [6, 6.07) is 5.22. The van der Waals surface area contributed by atoms with E-state index < -0.39 is 0 Å². The number of aromatic nitrogens is 2. The summed E-state index contributed by atoms with van der Waals surface area (Å²) in [5, 5.41) is 10.3. The zero-order chi connectivity index (χ0) is 14.0. The number of aryl methyl sites for hydroxylation is 1. The highest BCUT2D eigenvalue weighted by Crippen LogP contribution is 2.23. The van der Waals surface area contributed by atoms with Crippen LogP contribution in [0, 0.1) is 12.7 Å². The maximum atomic E-state index is 13.5. The van der Waals surface area contributed by atoms with E-state index in [0.29, 0.717) is 11.5 Å². The van der Waals surface area contributed by atoms with E-state index in [1.54, 1.807) is 19.9 Å². The molecule has 1 aromatic carbocycles. The quantitative estimate of drug-likeness (QED) is 0.862. The summed E-state index contributed by atoms with van der Waals surface area (Å²) in [6.07, 6.45) is 0. The first-order chi connectivity index (χ1) is 8.97. The van der Waals surface area contributed by atoms with Crippen molar-refractivity contribution in [2.45, 2.75) is 32.2 Å². The van der Waals surface area contributed by atoms with E-state index >= 15 is 0 Å². The van der Waals surface area contributed by atoms with E-state index in [0.717, 1.165) is 5.56 Å². The fraction of sp³-hybridized carbons (Fsp3) is 0.385. The summed E-state index contributed by atoms with van der Waals surface area (Å²) in [4.78, 5) is 0. The summed E-state index contributed by atoms with van der Waals surface area (Å²) in [5.74, 6) is 0.123. The van der Waals surface area contributed by atoms with Gasteiger partial charge in [-0.05, 0) is 38.0 Å². The Hall–Kier alpha value is -1.62. The van der Waals surface area contributed by atoms with E-state index in [2.05, 4.69) is 15.5 Å². The van der Waals surface area contributed by atoms with Crippen LogP contribution in [0.3, 0.4) is 0 Å². The van der Waals surface area contributed by atoms with Crippen LogP contribution in [0.5, 0.6) is 0 Å². The van der Waals surface area contributed by atoms with Gasteiger partial charge in [-0.3, -0.25) is 0 Å². The van der Waals surface area contributed by atoms with Crippen LogP contribution in [0.15, 0.2) is 22.6 Å². The lowest BCUT2D eigenvalue weighted by atomic mass is 10.1. The van der Waals surface area contributed by atoms with Crippen LogP contribution in [0.2, 0.25) is 0 Å². The molecule has 6 heteroatoms. The van der Waals surface area contributed by atoms with Gasteiger partial charge in [0.1, 0.15) is 11.2 Å². The molecule has 0 saturated carbocycles. The molecule has 2 unspecified atom stereocenters. The van der Waals surface area contributed by atoms with Crippen molar-refractivity contribution in [3.8, 4) is 0 Å². The Morgan fingerprint density at radius 2 is 2.05 bits per heavy atom. The van der Waals surface area contributed by atoms with Crippen LogP contribution in [-0.2, 0) is 0 Å². The second kappa shape index (κ2) is 5.57. The lowest BCUT2D eigenvalue weighted by Crippen LogP contribution is -2.07. The van der Waals surface area contributed by atoms with Crippen molar-refractivity contribution >= 4 is 17.6 Å². The van der Waals surface area contributed by atoms with Gasteiger partial charge in [0.2, 0.25) is 5.89 Å². The molecule has 0 bridgehead atoms. The molecule has 2 aromatic rings. The predicted molar refractivity (Wildman–Crippen MR) is 71.7 cm³/mol. The van der Waals surface area contributed by atoms with Crippen LogP contribution in [0.4, 0.5) is 10.4 Å².